The number of hydrogen-bond acceptors (Lipinski definition) is 3. The Balaban J connectivity index is 1.62. The molecular weight excluding hydrogens is 332 g/mol. The van der Waals surface area contributed by atoms with Gasteiger partial charge in [-0.25, -0.2) is 0 Å². The van der Waals surface area contributed by atoms with Crippen molar-refractivity contribution in [2.75, 3.05) is 24.5 Å². The van der Waals surface area contributed by atoms with Crippen LogP contribution in [-0.4, -0.2) is 47.4 Å². The molecule has 2 heterocycles. The van der Waals surface area contributed by atoms with Crippen LogP contribution < -0.4 is 4.90 Å². The highest BCUT2D eigenvalue weighted by molar-refractivity contribution is 5.97. The number of nitrogens with zero attached hydrogens (tertiary/aromatic N) is 2. The zero-order valence-corrected chi connectivity index (χ0v) is 15.0. The summed E-state index contributed by atoms with van der Waals surface area (Å²) in [5, 5.41) is 8.84. The number of aliphatic carboxylic acids is 1. The van der Waals surface area contributed by atoms with Gasteiger partial charge in [-0.3, -0.25) is 14.4 Å². The molecule has 2 saturated heterocycles. The molecule has 2 aliphatic heterocycles. The van der Waals surface area contributed by atoms with Crippen molar-refractivity contribution in [1.29, 1.82) is 0 Å². The van der Waals surface area contributed by atoms with Gasteiger partial charge < -0.3 is 14.9 Å². The van der Waals surface area contributed by atoms with Crippen molar-refractivity contribution in [1.82, 2.24) is 4.90 Å². The summed E-state index contributed by atoms with van der Waals surface area (Å²) in [6.45, 7) is 2.08. The van der Waals surface area contributed by atoms with Gasteiger partial charge in [0, 0.05) is 43.7 Å². The van der Waals surface area contributed by atoms with Crippen LogP contribution in [0.1, 0.15) is 55.3 Å². The molecule has 3 rings (SSSR count). The fourth-order valence-electron chi connectivity index (χ4n) is 3.86. The first-order valence-electron chi connectivity index (χ1n) is 9.46. The van der Waals surface area contributed by atoms with Crippen molar-refractivity contribution >= 4 is 23.5 Å². The van der Waals surface area contributed by atoms with Crippen LogP contribution in [0.3, 0.4) is 0 Å². The fourth-order valence-corrected chi connectivity index (χ4v) is 3.86. The molecule has 0 bridgehead atoms. The number of anilines is 1. The monoisotopic (exact) mass is 358 g/mol. The minimum Gasteiger partial charge on any atom is -0.481 e. The molecule has 0 aromatic heterocycles. The lowest BCUT2D eigenvalue weighted by Crippen LogP contribution is -2.40. The third-order valence-electron chi connectivity index (χ3n) is 5.32. The SMILES string of the molecule is O=C(O)CC[C@H]1CCCN(C(=O)c2ccc(N3CCCCC3=O)cc2)C1. The number of carboxylic acid groups (broad SMARTS) is 1. The number of piperidine rings is 2. The second kappa shape index (κ2) is 8.34. The number of carbonyl (C=O) groups is 3. The molecule has 0 unspecified atom stereocenters. The van der Waals surface area contributed by atoms with Gasteiger partial charge in [0.2, 0.25) is 5.91 Å². The topological polar surface area (TPSA) is 77.9 Å². The van der Waals surface area contributed by atoms with Gasteiger partial charge in [0.05, 0.1) is 0 Å². The van der Waals surface area contributed by atoms with Gasteiger partial charge >= 0.3 is 5.97 Å². The third kappa shape index (κ3) is 4.42. The molecule has 1 N–H and O–H groups in total. The van der Waals surface area contributed by atoms with Crippen molar-refractivity contribution in [2.45, 2.75) is 44.9 Å². The van der Waals surface area contributed by atoms with Crippen molar-refractivity contribution in [3.8, 4) is 0 Å². The highest BCUT2D eigenvalue weighted by Crippen LogP contribution is 2.24. The summed E-state index contributed by atoms with van der Waals surface area (Å²) in [6, 6.07) is 7.28. The first kappa shape index (κ1) is 18.4. The predicted molar refractivity (Wildman–Crippen MR) is 98.1 cm³/mol. The lowest BCUT2D eigenvalue weighted by molar-refractivity contribution is -0.137. The van der Waals surface area contributed by atoms with Crippen molar-refractivity contribution in [3.63, 3.8) is 0 Å². The Bertz CT molecular complexity index is 671. The van der Waals surface area contributed by atoms with E-state index in [1.54, 1.807) is 17.0 Å². The maximum Gasteiger partial charge on any atom is 0.303 e. The number of carbonyl (C=O) groups excluding carboxylic acids is 2. The van der Waals surface area contributed by atoms with E-state index in [-0.39, 0.29) is 24.2 Å². The summed E-state index contributed by atoms with van der Waals surface area (Å²) in [5.74, 6) is -0.389. The number of benzene rings is 1. The second-order valence-corrected chi connectivity index (χ2v) is 7.24. The zero-order chi connectivity index (χ0) is 18.5. The van der Waals surface area contributed by atoms with E-state index >= 15 is 0 Å². The molecule has 6 heteroatoms. The molecule has 0 radical (unpaired) electrons. The first-order valence-corrected chi connectivity index (χ1v) is 9.46. The Labute approximate surface area is 153 Å². The van der Waals surface area contributed by atoms with Crippen molar-refractivity contribution in [3.05, 3.63) is 29.8 Å². The van der Waals surface area contributed by atoms with E-state index in [0.717, 1.165) is 44.5 Å². The highest BCUT2D eigenvalue weighted by atomic mass is 16.4. The summed E-state index contributed by atoms with van der Waals surface area (Å²) in [5.41, 5.74) is 1.47. The van der Waals surface area contributed by atoms with Gasteiger partial charge in [-0.2, -0.15) is 0 Å². The number of amides is 2. The molecule has 2 amide bonds. The maximum atomic E-state index is 12.8. The molecule has 0 aliphatic carbocycles. The number of rotatable bonds is 5. The first-order chi connectivity index (χ1) is 12.5. The molecular formula is C20H26N2O4. The Hall–Kier alpha value is -2.37. The molecule has 0 saturated carbocycles. The minimum absolute atomic E-state index is 0.0125. The van der Waals surface area contributed by atoms with Gasteiger partial charge in [0.25, 0.3) is 5.91 Å². The smallest absolute Gasteiger partial charge is 0.303 e. The molecule has 6 nitrogen and oxygen atoms in total. The molecule has 2 fully saturated rings. The standard InChI is InChI=1S/C20H26N2O4/c23-18-5-1-2-13-22(18)17-9-7-16(8-10-17)20(26)21-12-3-4-15(14-21)6-11-19(24)25/h7-10,15H,1-6,11-14H2,(H,24,25)/t15-/m1/s1. The Kier molecular flexibility index (Phi) is 5.91. The number of likely N-dealkylation sites (tertiary alicyclic amines) is 1. The van der Waals surface area contributed by atoms with Crippen LogP contribution in [0.4, 0.5) is 5.69 Å². The van der Waals surface area contributed by atoms with Crippen LogP contribution in [0.5, 0.6) is 0 Å². The average Bonchev–Trinajstić information content (AvgIpc) is 2.66. The zero-order valence-electron chi connectivity index (χ0n) is 15.0. The molecule has 1 aromatic rings. The summed E-state index contributed by atoms with van der Waals surface area (Å²) < 4.78 is 0. The van der Waals surface area contributed by atoms with E-state index in [1.807, 2.05) is 17.0 Å². The largest absolute Gasteiger partial charge is 0.481 e. The molecule has 1 atom stereocenters. The fraction of sp³-hybridized carbons (Fsp3) is 0.550. The molecule has 140 valence electrons. The minimum atomic E-state index is -0.781. The van der Waals surface area contributed by atoms with Crippen LogP contribution in [0.15, 0.2) is 24.3 Å². The Morgan fingerprint density at radius 3 is 2.54 bits per heavy atom. The number of hydrogen-bond donors (Lipinski definition) is 1. The molecule has 1 aromatic carbocycles. The lowest BCUT2D eigenvalue weighted by Gasteiger charge is -2.33. The van der Waals surface area contributed by atoms with Crippen LogP contribution in [0.25, 0.3) is 0 Å². The van der Waals surface area contributed by atoms with Crippen molar-refractivity contribution in [2.24, 2.45) is 5.92 Å². The second-order valence-electron chi connectivity index (χ2n) is 7.24. The molecule has 26 heavy (non-hydrogen) atoms. The Morgan fingerprint density at radius 1 is 1.08 bits per heavy atom. The van der Waals surface area contributed by atoms with Crippen molar-refractivity contribution < 1.29 is 19.5 Å². The normalized spacial score (nSPS) is 20.9. The summed E-state index contributed by atoms with van der Waals surface area (Å²) in [6.07, 6.45) is 5.22. The van der Waals surface area contributed by atoms with E-state index in [0.29, 0.717) is 24.9 Å². The quantitative estimate of drug-likeness (QED) is 0.878. The predicted octanol–water partition coefficient (Wildman–Crippen LogP) is 2.92. The molecule has 0 spiro atoms. The van der Waals surface area contributed by atoms with Gasteiger partial charge in [-0.05, 0) is 62.3 Å². The van der Waals surface area contributed by atoms with Gasteiger partial charge in [0.1, 0.15) is 0 Å². The average molecular weight is 358 g/mol. The highest BCUT2D eigenvalue weighted by Gasteiger charge is 2.25. The van der Waals surface area contributed by atoms with E-state index in [9.17, 15) is 14.4 Å². The van der Waals surface area contributed by atoms with Crippen LogP contribution in [-0.2, 0) is 9.59 Å². The van der Waals surface area contributed by atoms with Gasteiger partial charge in [0.15, 0.2) is 0 Å². The molecule has 2 aliphatic rings. The van der Waals surface area contributed by atoms with E-state index < -0.39 is 5.97 Å². The number of carboxylic acids is 1. The van der Waals surface area contributed by atoms with Crippen LogP contribution in [0.2, 0.25) is 0 Å². The maximum absolute atomic E-state index is 12.8. The Morgan fingerprint density at radius 2 is 1.85 bits per heavy atom. The van der Waals surface area contributed by atoms with Gasteiger partial charge in [-0.1, -0.05) is 0 Å². The van der Waals surface area contributed by atoms with E-state index in [2.05, 4.69) is 0 Å². The van der Waals surface area contributed by atoms with E-state index in [4.69, 9.17) is 5.11 Å². The summed E-state index contributed by atoms with van der Waals surface area (Å²) in [4.78, 5) is 39.2. The lowest BCUT2D eigenvalue weighted by atomic mass is 9.93. The third-order valence-corrected chi connectivity index (χ3v) is 5.32. The van der Waals surface area contributed by atoms with Crippen LogP contribution >= 0.6 is 0 Å². The van der Waals surface area contributed by atoms with Gasteiger partial charge in [-0.15, -0.1) is 0 Å². The van der Waals surface area contributed by atoms with E-state index in [1.165, 1.54) is 0 Å². The van der Waals surface area contributed by atoms with Crippen LogP contribution in [0, 0.1) is 5.92 Å². The summed E-state index contributed by atoms with van der Waals surface area (Å²) >= 11 is 0. The summed E-state index contributed by atoms with van der Waals surface area (Å²) in [7, 11) is 0.